The van der Waals surface area contributed by atoms with Gasteiger partial charge in [-0.2, -0.15) is 5.10 Å². The van der Waals surface area contributed by atoms with E-state index < -0.39 is 0 Å². The van der Waals surface area contributed by atoms with Gasteiger partial charge < -0.3 is 10.6 Å². The zero-order chi connectivity index (χ0) is 18.1. The first kappa shape index (κ1) is 19.8. The van der Waals surface area contributed by atoms with Crippen LogP contribution in [0.5, 0.6) is 0 Å². The van der Waals surface area contributed by atoms with Crippen LogP contribution in [0.1, 0.15) is 50.9 Å². The predicted molar refractivity (Wildman–Crippen MR) is 105 cm³/mol. The quantitative estimate of drug-likeness (QED) is 0.430. The third-order valence-corrected chi connectivity index (χ3v) is 4.90. The Hall–Kier alpha value is -1.56. The molecule has 1 fully saturated rings. The number of hydrogen-bond acceptors (Lipinski definition) is 3. The summed E-state index contributed by atoms with van der Waals surface area (Å²) in [7, 11) is 0. The van der Waals surface area contributed by atoms with Gasteiger partial charge in [0.25, 0.3) is 0 Å². The van der Waals surface area contributed by atoms with Crippen molar-refractivity contribution in [2.24, 2.45) is 4.99 Å². The van der Waals surface area contributed by atoms with Gasteiger partial charge in [-0.05, 0) is 59.2 Å². The molecule has 1 aliphatic rings. The molecule has 1 unspecified atom stereocenters. The smallest absolute Gasteiger partial charge is 0.191 e. The molecule has 2 rings (SSSR count). The monoisotopic (exact) mass is 348 g/mol. The summed E-state index contributed by atoms with van der Waals surface area (Å²) < 4.78 is 2.09. The van der Waals surface area contributed by atoms with E-state index in [0.717, 1.165) is 50.8 Å². The maximum atomic E-state index is 4.83. The molecule has 0 aromatic carbocycles. The van der Waals surface area contributed by atoms with E-state index in [4.69, 9.17) is 4.99 Å². The number of guanidine groups is 1. The van der Waals surface area contributed by atoms with Gasteiger partial charge >= 0.3 is 0 Å². The second kappa shape index (κ2) is 10.4. The number of nitrogens with one attached hydrogen (secondary N) is 2. The Morgan fingerprint density at radius 2 is 2.12 bits per heavy atom. The Balaban J connectivity index is 1.78. The molecule has 2 heterocycles. The highest BCUT2D eigenvalue weighted by Crippen LogP contribution is 2.16. The highest BCUT2D eigenvalue weighted by Gasteiger charge is 2.20. The molecule has 0 spiro atoms. The fourth-order valence-electron chi connectivity index (χ4n) is 3.56. The van der Waals surface area contributed by atoms with Gasteiger partial charge in [0.1, 0.15) is 0 Å². The van der Waals surface area contributed by atoms with Crippen molar-refractivity contribution < 1.29 is 0 Å². The summed E-state index contributed by atoms with van der Waals surface area (Å²) in [5, 5.41) is 11.4. The van der Waals surface area contributed by atoms with Crippen LogP contribution in [0.2, 0.25) is 0 Å². The SMILES string of the molecule is CCNC(=NCC1CCCCN1CC)NCCCn1nc(C)cc1C. The molecule has 0 bridgehead atoms. The van der Waals surface area contributed by atoms with Crippen molar-refractivity contribution in [3.8, 4) is 0 Å². The lowest BCUT2D eigenvalue weighted by Gasteiger charge is -2.33. The van der Waals surface area contributed by atoms with Crippen LogP contribution in [0.15, 0.2) is 11.1 Å². The third-order valence-electron chi connectivity index (χ3n) is 4.90. The van der Waals surface area contributed by atoms with Crippen LogP contribution >= 0.6 is 0 Å². The summed E-state index contributed by atoms with van der Waals surface area (Å²) in [4.78, 5) is 7.40. The van der Waals surface area contributed by atoms with E-state index in [-0.39, 0.29) is 0 Å². The normalized spacial score (nSPS) is 19.2. The highest BCUT2D eigenvalue weighted by molar-refractivity contribution is 5.79. The minimum Gasteiger partial charge on any atom is -0.357 e. The van der Waals surface area contributed by atoms with E-state index in [1.807, 2.05) is 6.92 Å². The van der Waals surface area contributed by atoms with Gasteiger partial charge in [0, 0.05) is 31.4 Å². The molecular weight excluding hydrogens is 312 g/mol. The predicted octanol–water partition coefficient (Wildman–Crippen LogP) is 2.32. The zero-order valence-corrected chi connectivity index (χ0v) is 16.5. The summed E-state index contributed by atoms with van der Waals surface area (Å²) in [5.74, 6) is 0.942. The molecule has 142 valence electrons. The Morgan fingerprint density at radius 3 is 2.80 bits per heavy atom. The van der Waals surface area contributed by atoms with Crippen molar-refractivity contribution in [1.82, 2.24) is 25.3 Å². The maximum absolute atomic E-state index is 4.83. The van der Waals surface area contributed by atoms with E-state index in [1.54, 1.807) is 0 Å². The average Bonchev–Trinajstić information content (AvgIpc) is 2.94. The number of likely N-dealkylation sites (N-methyl/N-ethyl adjacent to an activating group) is 1. The third kappa shape index (κ3) is 6.34. The first-order valence-electron chi connectivity index (χ1n) is 9.91. The Morgan fingerprint density at radius 1 is 1.28 bits per heavy atom. The van der Waals surface area contributed by atoms with Gasteiger partial charge in [-0.1, -0.05) is 13.3 Å². The number of piperidine rings is 1. The molecule has 25 heavy (non-hydrogen) atoms. The zero-order valence-electron chi connectivity index (χ0n) is 16.5. The van der Waals surface area contributed by atoms with Crippen LogP contribution in [0, 0.1) is 13.8 Å². The first-order valence-corrected chi connectivity index (χ1v) is 9.91. The van der Waals surface area contributed by atoms with Crippen LogP contribution in [-0.4, -0.2) is 59.4 Å². The number of aliphatic imine (C=N–C) groups is 1. The largest absolute Gasteiger partial charge is 0.357 e. The molecule has 0 aliphatic carbocycles. The summed E-state index contributed by atoms with van der Waals surface area (Å²) >= 11 is 0. The second-order valence-corrected chi connectivity index (χ2v) is 6.93. The molecule has 2 N–H and O–H groups in total. The standard InChI is InChI=1S/C19H36N6/c1-5-20-19(22-15-18-10-7-8-12-24(18)6-2)21-11-9-13-25-17(4)14-16(3)23-25/h14,18H,5-13,15H2,1-4H3,(H2,20,21,22). The Bertz CT molecular complexity index is 536. The lowest BCUT2D eigenvalue weighted by molar-refractivity contribution is 0.161. The summed E-state index contributed by atoms with van der Waals surface area (Å²) in [6.45, 7) is 14.5. The molecule has 0 amide bonds. The summed E-state index contributed by atoms with van der Waals surface area (Å²) in [6, 6.07) is 2.73. The van der Waals surface area contributed by atoms with Crippen LogP contribution in [0.25, 0.3) is 0 Å². The van der Waals surface area contributed by atoms with E-state index in [9.17, 15) is 0 Å². The van der Waals surface area contributed by atoms with Gasteiger partial charge in [0.15, 0.2) is 5.96 Å². The fourth-order valence-corrected chi connectivity index (χ4v) is 3.56. The van der Waals surface area contributed by atoms with E-state index in [0.29, 0.717) is 6.04 Å². The van der Waals surface area contributed by atoms with E-state index >= 15 is 0 Å². The number of likely N-dealkylation sites (tertiary alicyclic amines) is 1. The fraction of sp³-hybridized carbons (Fsp3) is 0.789. The molecule has 1 aromatic rings. The lowest BCUT2D eigenvalue weighted by Crippen LogP contribution is -2.43. The van der Waals surface area contributed by atoms with Gasteiger partial charge in [-0.25, -0.2) is 0 Å². The number of nitrogens with zero attached hydrogens (tertiary/aromatic N) is 4. The van der Waals surface area contributed by atoms with Gasteiger partial charge in [-0.3, -0.25) is 14.6 Å². The second-order valence-electron chi connectivity index (χ2n) is 6.93. The summed E-state index contributed by atoms with van der Waals surface area (Å²) in [6.07, 6.45) is 4.98. The molecule has 1 aliphatic heterocycles. The molecule has 0 radical (unpaired) electrons. The van der Waals surface area contributed by atoms with Crippen LogP contribution < -0.4 is 10.6 Å². The first-order chi connectivity index (χ1) is 12.1. The van der Waals surface area contributed by atoms with Gasteiger partial charge in [-0.15, -0.1) is 0 Å². The number of hydrogen-bond donors (Lipinski definition) is 2. The van der Waals surface area contributed by atoms with Crippen molar-refractivity contribution in [2.75, 3.05) is 32.7 Å². The van der Waals surface area contributed by atoms with E-state index in [1.165, 1.54) is 31.5 Å². The molecule has 6 nitrogen and oxygen atoms in total. The van der Waals surface area contributed by atoms with Crippen molar-refractivity contribution in [3.63, 3.8) is 0 Å². The number of aromatic nitrogens is 2. The molecule has 1 saturated heterocycles. The highest BCUT2D eigenvalue weighted by atomic mass is 15.3. The molecule has 0 saturated carbocycles. The van der Waals surface area contributed by atoms with Crippen LogP contribution in [-0.2, 0) is 6.54 Å². The average molecular weight is 349 g/mol. The minimum absolute atomic E-state index is 0.601. The maximum Gasteiger partial charge on any atom is 0.191 e. The molecule has 1 aromatic heterocycles. The number of rotatable bonds is 8. The van der Waals surface area contributed by atoms with Crippen molar-refractivity contribution in [1.29, 1.82) is 0 Å². The van der Waals surface area contributed by atoms with Crippen LogP contribution in [0.3, 0.4) is 0 Å². The van der Waals surface area contributed by atoms with Crippen molar-refractivity contribution in [3.05, 3.63) is 17.5 Å². The Kier molecular flexibility index (Phi) is 8.25. The van der Waals surface area contributed by atoms with Crippen molar-refractivity contribution in [2.45, 2.75) is 66.0 Å². The van der Waals surface area contributed by atoms with Crippen molar-refractivity contribution >= 4 is 5.96 Å². The Labute approximate surface area is 153 Å². The molecular formula is C19H36N6. The number of aryl methyl sites for hydroxylation is 3. The summed E-state index contributed by atoms with van der Waals surface area (Å²) in [5.41, 5.74) is 2.32. The topological polar surface area (TPSA) is 57.5 Å². The molecule has 6 heteroatoms. The lowest BCUT2D eigenvalue weighted by atomic mass is 10.0. The minimum atomic E-state index is 0.601. The van der Waals surface area contributed by atoms with Gasteiger partial charge in [0.05, 0.1) is 12.2 Å². The van der Waals surface area contributed by atoms with E-state index in [2.05, 4.69) is 52.2 Å². The van der Waals surface area contributed by atoms with Crippen LogP contribution in [0.4, 0.5) is 0 Å². The molecule has 1 atom stereocenters. The van der Waals surface area contributed by atoms with Gasteiger partial charge in [0.2, 0.25) is 0 Å².